The van der Waals surface area contributed by atoms with E-state index in [9.17, 15) is 8.78 Å². The van der Waals surface area contributed by atoms with Gasteiger partial charge in [0.05, 0.1) is 0 Å². The number of nitrogens with zero attached hydrogens (tertiary/aromatic N) is 1. The minimum Gasteiger partial charge on any atom is -0.327 e. The van der Waals surface area contributed by atoms with Crippen molar-refractivity contribution in [3.8, 4) is 0 Å². The van der Waals surface area contributed by atoms with Gasteiger partial charge in [0.1, 0.15) is 11.6 Å². The third kappa shape index (κ3) is 3.34. The van der Waals surface area contributed by atoms with Crippen LogP contribution in [0.3, 0.4) is 0 Å². The molecule has 0 radical (unpaired) electrons. The van der Waals surface area contributed by atoms with Gasteiger partial charge in [-0.15, -0.1) is 0 Å². The number of benzene rings is 1. The highest BCUT2D eigenvalue weighted by Gasteiger charge is 2.10. The van der Waals surface area contributed by atoms with Crippen molar-refractivity contribution in [1.29, 1.82) is 0 Å². The first-order valence-electron chi connectivity index (χ1n) is 5.73. The summed E-state index contributed by atoms with van der Waals surface area (Å²) in [5.41, 5.74) is 7.24. The van der Waals surface area contributed by atoms with E-state index < -0.39 is 11.6 Å². The van der Waals surface area contributed by atoms with E-state index in [2.05, 4.69) is 4.98 Å². The molecule has 1 aromatic carbocycles. The molecule has 1 heterocycles. The van der Waals surface area contributed by atoms with E-state index in [1.54, 1.807) is 12.4 Å². The Morgan fingerprint density at radius 3 is 2.72 bits per heavy atom. The van der Waals surface area contributed by atoms with E-state index in [1.807, 2.05) is 12.1 Å². The molecule has 0 saturated carbocycles. The Labute approximate surface area is 104 Å². The molecular formula is C14H14F2N2. The van der Waals surface area contributed by atoms with Crippen molar-refractivity contribution in [3.63, 3.8) is 0 Å². The Hall–Kier alpha value is -1.81. The van der Waals surface area contributed by atoms with Crippen molar-refractivity contribution >= 4 is 0 Å². The monoisotopic (exact) mass is 248 g/mol. The highest BCUT2D eigenvalue weighted by atomic mass is 19.1. The molecule has 1 atom stereocenters. The number of hydrogen-bond acceptors (Lipinski definition) is 2. The zero-order valence-corrected chi connectivity index (χ0v) is 9.81. The average Bonchev–Trinajstić information content (AvgIpc) is 2.35. The largest absolute Gasteiger partial charge is 0.327 e. The first-order chi connectivity index (χ1) is 8.65. The van der Waals surface area contributed by atoms with Gasteiger partial charge in [-0.1, -0.05) is 6.07 Å². The van der Waals surface area contributed by atoms with Crippen LogP contribution in [0.2, 0.25) is 0 Å². The maximum atomic E-state index is 13.4. The molecule has 1 unspecified atom stereocenters. The number of halogens is 2. The summed E-state index contributed by atoms with van der Waals surface area (Å²) >= 11 is 0. The Bertz CT molecular complexity index is 514. The van der Waals surface area contributed by atoms with Crippen molar-refractivity contribution in [2.24, 2.45) is 5.73 Å². The Morgan fingerprint density at radius 1 is 1.17 bits per heavy atom. The van der Waals surface area contributed by atoms with Crippen LogP contribution in [0.1, 0.15) is 11.1 Å². The van der Waals surface area contributed by atoms with Crippen molar-refractivity contribution in [2.75, 3.05) is 0 Å². The van der Waals surface area contributed by atoms with Gasteiger partial charge in [0, 0.05) is 18.4 Å². The number of pyridine rings is 1. The number of rotatable bonds is 4. The van der Waals surface area contributed by atoms with Gasteiger partial charge < -0.3 is 5.73 Å². The molecule has 2 rings (SSSR count). The van der Waals surface area contributed by atoms with Gasteiger partial charge in [-0.05, 0) is 48.2 Å². The zero-order valence-electron chi connectivity index (χ0n) is 9.81. The highest BCUT2D eigenvalue weighted by molar-refractivity contribution is 5.20. The van der Waals surface area contributed by atoms with Crippen LogP contribution in [0, 0.1) is 11.6 Å². The topological polar surface area (TPSA) is 38.9 Å². The van der Waals surface area contributed by atoms with Crippen LogP contribution in [0.25, 0.3) is 0 Å². The predicted molar refractivity (Wildman–Crippen MR) is 66.0 cm³/mol. The second kappa shape index (κ2) is 5.69. The fourth-order valence-electron chi connectivity index (χ4n) is 1.88. The second-order valence-electron chi connectivity index (χ2n) is 4.27. The lowest BCUT2D eigenvalue weighted by molar-refractivity contribution is 0.566. The van der Waals surface area contributed by atoms with Crippen LogP contribution < -0.4 is 5.73 Å². The summed E-state index contributed by atoms with van der Waals surface area (Å²) < 4.78 is 26.4. The Kier molecular flexibility index (Phi) is 3.99. The maximum Gasteiger partial charge on any atom is 0.126 e. The van der Waals surface area contributed by atoms with E-state index in [0.717, 1.165) is 17.7 Å². The molecule has 2 nitrogen and oxygen atoms in total. The van der Waals surface area contributed by atoms with E-state index in [0.29, 0.717) is 18.4 Å². The molecule has 0 bridgehead atoms. The van der Waals surface area contributed by atoms with Gasteiger partial charge in [0.25, 0.3) is 0 Å². The molecule has 94 valence electrons. The minimum atomic E-state index is -0.444. The number of hydrogen-bond donors (Lipinski definition) is 1. The van der Waals surface area contributed by atoms with Crippen molar-refractivity contribution in [3.05, 3.63) is 65.5 Å². The molecule has 2 aromatic rings. The molecule has 0 aliphatic heterocycles. The Morgan fingerprint density at radius 2 is 2.00 bits per heavy atom. The van der Waals surface area contributed by atoms with E-state index >= 15 is 0 Å². The molecule has 0 saturated heterocycles. The van der Waals surface area contributed by atoms with Crippen molar-refractivity contribution < 1.29 is 8.78 Å². The molecule has 0 fully saturated rings. The van der Waals surface area contributed by atoms with Gasteiger partial charge in [-0.3, -0.25) is 4.98 Å². The smallest absolute Gasteiger partial charge is 0.126 e. The van der Waals surface area contributed by atoms with Gasteiger partial charge in [-0.2, -0.15) is 0 Å². The first kappa shape index (κ1) is 12.6. The lowest BCUT2D eigenvalue weighted by atomic mass is 10.0. The molecular weight excluding hydrogens is 234 g/mol. The molecule has 0 spiro atoms. The van der Waals surface area contributed by atoms with Crippen molar-refractivity contribution in [2.45, 2.75) is 18.9 Å². The van der Waals surface area contributed by atoms with Crippen LogP contribution in [0.5, 0.6) is 0 Å². The van der Waals surface area contributed by atoms with Crippen molar-refractivity contribution in [1.82, 2.24) is 4.98 Å². The lowest BCUT2D eigenvalue weighted by Crippen LogP contribution is -2.26. The summed E-state index contributed by atoms with van der Waals surface area (Å²) in [6.45, 7) is 0. The molecule has 0 amide bonds. The van der Waals surface area contributed by atoms with Crippen LogP contribution >= 0.6 is 0 Å². The zero-order chi connectivity index (χ0) is 13.0. The standard InChI is InChI=1S/C14H14F2N2/c15-12-3-4-14(16)11(7-12)8-13(17)6-10-2-1-5-18-9-10/h1-5,7,9,13H,6,8,17H2. The van der Waals surface area contributed by atoms with E-state index in [4.69, 9.17) is 5.73 Å². The van der Waals surface area contributed by atoms with E-state index in [1.165, 1.54) is 6.07 Å². The summed E-state index contributed by atoms with van der Waals surface area (Å²) in [6.07, 6.45) is 4.30. The molecule has 2 N–H and O–H groups in total. The van der Waals surface area contributed by atoms with E-state index in [-0.39, 0.29) is 6.04 Å². The normalized spacial score (nSPS) is 12.4. The summed E-state index contributed by atoms with van der Waals surface area (Å²) in [5, 5.41) is 0. The third-order valence-corrected chi connectivity index (χ3v) is 2.71. The molecule has 0 aliphatic rings. The third-order valence-electron chi connectivity index (χ3n) is 2.71. The van der Waals surface area contributed by atoms with Gasteiger partial charge in [0.15, 0.2) is 0 Å². The molecule has 4 heteroatoms. The summed E-state index contributed by atoms with van der Waals surface area (Å²) in [5.74, 6) is -0.863. The fraction of sp³-hybridized carbons (Fsp3) is 0.214. The highest BCUT2D eigenvalue weighted by Crippen LogP contribution is 2.13. The van der Waals surface area contributed by atoms with Gasteiger partial charge >= 0.3 is 0 Å². The molecule has 0 aliphatic carbocycles. The minimum absolute atomic E-state index is 0.259. The summed E-state index contributed by atoms with van der Waals surface area (Å²) in [7, 11) is 0. The van der Waals surface area contributed by atoms with Crippen LogP contribution in [0.4, 0.5) is 8.78 Å². The first-order valence-corrected chi connectivity index (χ1v) is 5.73. The number of aromatic nitrogens is 1. The Balaban J connectivity index is 2.03. The predicted octanol–water partition coefficient (Wildman–Crippen LogP) is 2.47. The molecule has 18 heavy (non-hydrogen) atoms. The van der Waals surface area contributed by atoms with Crippen LogP contribution in [0.15, 0.2) is 42.7 Å². The van der Waals surface area contributed by atoms with Gasteiger partial charge in [0.2, 0.25) is 0 Å². The van der Waals surface area contributed by atoms with Crippen LogP contribution in [-0.2, 0) is 12.8 Å². The summed E-state index contributed by atoms with van der Waals surface area (Å²) in [6, 6.07) is 6.90. The fourth-order valence-corrected chi connectivity index (χ4v) is 1.88. The quantitative estimate of drug-likeness (QED) is 0.902. The SMILES string of the molecule is NC(Cc1cccnc1)Cc1cc(F)ccc1F. The maximum absolute atomic E-state index is 13.4. The van der Waals surface area contributed by atoms with Gasteiger partial charge in [-0.25, -0.2) is 8.78 Å². The second-order valence-corrected chi connectivity index (χ2v) is 4.27. The summed E-state index contributed by atoms with van der Waals surface area (Å²) in [4.78, 5) is 3.99. The number of nitrogens with two attached hydrogens (primary N) is 1. The molecule has 1 aromatic heterocycles. The van der Waals surface area contributed by atoms with Crippen LogP contribution in [-0.4, -0.2) is 11.0 Å². The lowest BCUT2D eigenvalue weighted by Gasteiger charge is -2.12. The average molecular weight is 248 g/mol.